The summed E-state index contributed by atoms with van der Waals surface area (Å²) < 4.78 is 0. The minimum absolute atomic E-state index is 0.166. The summed E-state index contributed by atoms with van der Waals surface area (Å²) in [5.41, 5.74) is 0.964. The number of halogens is 2. The van der Waals surface area contributed by atoms with E-state index in [4.69, 9.17) is 28.6 Å². The van der Waals surface area contributed by atoms with Crippen molar-refractivity contribution in [1.82, 2.24) is 10.2 Å². The summed E-state index contributed by atoms with van der Waals surface area (Å²) in [7, 11) is 1.67. The largest absolute Gasteiger partial charge is 0.385 e. The first-order chi connectivity index (χ1) is 5.70. The Bertz CT molecular complexity index is 313. The van der Waals surface area contributed by atoms with Gasteiger partial charge in [0.15, 0.2) is 10.3 Å². The molecule has 0 aliphatic rings. The number of hydrogen-bond donors (Lipinski definition) is 2. The van der Waals surface area contributed by atoms with Crippen LogP contribution in [0.25, 0.3) is 0 Å². The van der Waals surface area contributed by atoms with Gasteiger partial charge in [0.25, 0.3) is 0 Å². The van der Waals surface area contributed by atoms with Crippen molar-refractivity contribution in [2.75, 3.05) is 12.4 Å². The van der Waals surface area contributed by atoms with Crippen molar-refractivity contribution in [3.63, 3.8) is 0 Å². The topological polar surface area (TPSA) is 61.7 Å². The van der Waals surface area contributed by atoms with Crippen LogP contribution in [-0.2, 0) is 0 Å². The molecule has 1 rings (SSSR count). The van der Waals surface area contributed by atoms with Crippen LogP contribution in [0.1, 0.15) is 5.56 Å². The highest BCUT2D eigenvalue weighted by molar-refractivity contribution is 6.35. The molecule has 0 fully saturated rings. The molecule has 0 aliphatic heterocycles. The first-order valence-corrected chi connectivity index (χ1v) is 3.86. The summed E-state index contributed by atoms with van der Waals surface area (Å²) in [5, 5.41) is 17.3. The molecule has 1 aromatic rings. The zero-order valence-corrected chi connectivity index (χ0v) is 7.74. The average molecular weight is 205 g/mol. The van der Waals surface area contributed by atoms with Gasteiger partial charge in [-0.25, -0.2) is 0 Å². The van der Waals surface area contributed by atoms with Gasteiger partial charge in [-0.2, -0.15) is 0 Å². The van der Waals surface area contributed by atoms with Crippen LogP contribution in [0, 0.1) is 5.41 Å². The summed E-state index contributed by atoms with van der Waals surface area (Å²) >= 11 is 11.3. The van der Waals surface area contributed by atoms with Crippen LogP contribution < -0.4 is 5.32 Å². The minimum atomic E-state index is 0.166. The summed E-state index contributed by atoms with van der Waals surface area (Å²) in [4.78, 5) is 0. The first kappa shape index (κ1) is 9.22. The van der Waals surface area contributed by atoms with Gasteiger partial charge >= 0.3 is 0 Å². The van der Waals surface area contributed by atoms with E-state index in [9.17, 15) is 0 Å². The molecule has 12 heavy (non-hydrogen) atoms. The standard InChI is InChI=1S/C6H6Cl2N4/c1-10-4-3(2-9)5(7)11-12-6(4)8/h2,9H,1H3,(H,10,11). The van der Waals surface area contributed by atoms with Crippen molar-refractivity contribution in [3.05, 3.63) is 15.9 Å². The van der Waals surface area contributed by atoms with Crippen molar-refractivity contribution in [1.29, 1.82) is 5.41 Å². The summed E-state index contributed by atoms with van der Waals surface area (Å²) in [6.07, 6.45) is 1.08. The molecule has 0 saturated carbocycles. The number of nitrogens with zero attached hydrogens (tertiary/aromatic N) is 2. The molecule has 6 heteroatoms. The van der Waals surface area contributed by atoms with Gasteiger partial charge in [0.1, 0.15) is 0 Å². The van der Waals surface area contributed by atoms with Crippen LogP contribution in [0.2, 0.25) is 10.3 Å². The highest BCUT2D eigenvalue weighted by Crippen LogP contribution is 2.25. The summed E-state index contributed by atoms with van der Waals surface area (Å²) in [5.74, 6) is 0. The first-order valence-electron chi connectivity index (χ1n) is 3.10. The van der Waals surface area contributed by atoms with Gasteiger partial charge in [0.05, 0.1) is 11.3 Å². The number of aromatic nitrogens is 2. The second kappa shape index (κ2) is 3.69. The van der Waals surface area contributed by atoms with Crippen LogP contribution in [0.5, 0.6) is 0 Å². The molecule has 0 radical (unpaired) electrons. The van der Waals surface area contributed by atoms with Crippen molar-refractivity contribution >= 4 is 35.1 Å². The van der Waals surface area contributed by atoms with E-state index >= 15 is 0 Å². The van der Waals surface area contributed by atoms with E-state index in [1.165, 1.54) is 0 Å². The van der Waals surface area contributed by atoms with Crippen LogP contribution in [-0.4, -0.2) is 23.5 Å². The molecule has 1 aromatic heterocycles. The van der Waals surface area contributed by atoms with Gasteiger partial charge in [-0.05, 0) is 0 Å². The predicted octanol–water partition coefficient (Wildman–Crippen LogP) is 1.82. The molecule has 0 amide bonds. The smallest absolute Gasteiger partial charge is 0.175 e. The highest BCUT2D eigenvalue weighted by Gasteiger charge is 2.10. The Balaban J connectivity index is 3.38. The van der Waals surface area contributed by atoms with E-state index in [1.807, 2.05) is 0 Å². The molecule has 64 valence electrons. The SMILES string of the molecule is CNc1c(Cl)nnc(Cl)c1C=N. The molecule has 0 spiro atoms. The van der Waals surface area contributed by atoms with Gasteiger partial charge < -0.3 is 10.7 Å². The van der Waals surface area contributed by atoms with Crippen LogP contribution in [0.15, 0.2) is 0 Å². The third kappa shape index (κ3) is 1.49. The molecule has 0 saturated heterocycles. The van der Waals surface area contributed by atoms with E-state index in [2.05, 4.69) is 15.5 Å². The Kier molecular flexibility index (Phi) is 2.83. The lowest BCUT2D eigenvalue weighted by atomic mass is 10.3. The van der Waals surface area contributed by atoms with Gasteiger partial charge in [-0.15, -0.1) is 10.2 Å². The fourth-order valence-electron chi connectivity index (χ4n) is 0.775. The number of anilines is 1. The molecule has 1 heterocycles. The predicted molar refractivity (Wildman–Crippen MR) is 49.5 cm³/mol. The zero-order chi connectivity index (χ0) is 9.14. The molecule has 0 aromatic carbocycles. The van der Waals surface area contributed by atoms with E-state index < -0.39 is 0 Å². The molecular formula is C6H6Cl2N4. The van der Waals surface area contributed by atoms with Crippen molar-refractivity contribution in [2.24, 2.45) is 0 Å². The number of nitrogens with one attached hydrogen (secondary N) is 2. The number of hydrogen-bond acceptors (Lipinski definition) is 4. The van der Waals surface area contributed by atoms with E-state index in [-0.39, 0.29) is 10.3 Å². The Morgan fingerprint density at radius 2 is 1.92 bits per heavy atom. The van der Waals surface area contributed by atoms with Crippen LogP contribution in [0.4, 0.5) is 5.69 Å². The zero-order valence-electron chi connectivity index (χ0n) is 6.23. The molecule has 4 nitrogen and oxygen atoms in total. The monoisotopic (exact) mass is 204 g/mol. The normalized spacial score (nSPS) is 9.58. The fraction of sp³-hybridized carbons (Fsp3) is 0.167. The molecule has 2 N–H and O–H groups in total. The van der Waals surface area contributed by atoms with Gasteiger partial charge in [0.2, 0.25) is 0 Å². The summed E-state index contributed by atoms with van der Waals surface area (Å²) in [6.45, 7) is 0. The third-order valence-corrected chi connectivity index (χ3v) is 1.86. The molecule has 0 unspecified atom stereocenters. The lowest BCUT2D eigenvalue weighted by molar-refractivity contribution is 1.03. The Morgan fingerprint density at radius 1 is 1.33 bits per heavy atom. The van der Waals surface area contributed by atoms with Gasteiger partial charge in [-0.3, -0.25) is 0 Å². The lowest BCUT2D eigenvalue weighted by Gasteiger charge is -2.05. The molecule has 0 atom stereocenters. The van der Waals surface area contributed by atoms with Crippen molar-refractivity contribution in [3.8, 4) is 0 Å². The van der Waals surface area contributed by atoms with Crippen LogP contribution >= 0.6 is 23.2 Å². The van der Waals surface area contributed by atoms with E-state index in [0.717, 1.165) is 6.21 Å². The third-order valence-electron chi connectivity index (χ3n) is 1.32. The molecular weight excluding hydrogens is 199 g/mol. The second-order valence-corrected chi connectivity index (χ2v) is 2.68. The Labute approximate surface area is 79.4 Å². The number of rotatable bonds is 2. The van der Waals surface area contributed by atoms with Crippen LogP contribution in [0.3, 0.4) is 0 Å². The maximum Gasteiger partial charge on any atom is 0.175 e. The summed E-state index contributed by atoms with van der Waals surface area (Å²) in [6, 6.07) is 0. The maximum atomic E-state index is 7.05. The Morgan fingerprint density at radius 3 is 2.33 bits per heavy atom. The van der Waals surface area contributed by atoms with Gasteiger partial charge in [-0.1, -0.05) is 23.2 Å². The fourth-order valence-corrected chi connectivity index (χ4v) is 1.20. The molecule has 0 aliphatic carbocycles. The lowest BCUT2D eigenvalue weighted by Crippen LogP contribution is -2.00. The molecule has 0 bridgehead atoms. The van der Waals surface area contributed by atoms with Crippen molar-refractivity contribution < 1.29 is 0 Å². The van der Waals surface area contributed by atoms with Gasteiger partial charge in [0, 0.05) is 13.3 Å². The minimum Gasteiger partial charge on any atom is -0.385 e. The highest BCUT2D eigenvalue weighted by atomic mass is 35.5. The second-order valence-electron chi connectivity index (χ2n) is 1.96. The quantitative estimate of drug-likeness (QED) is 0.724. The Hall–Kier alpha value is -0.870. The maximum absolute atomic E-state index is 7.05. The average Bonchev–Trinajstić information content (AvgIpc) is 2.08. The van der Waals surface area contributed by atoms with E-state index in [0.29, 0.717) is 11.3 Å². The van der Waals surface area contributed by atoms with Crippen molar-refractivity contribution in [2.45, 2.75) is 0 Å². The van der Waals surface area contributed by atoms with E-state index in [1.54, 1.807) is 7.05 Å².